The number of aryl methyl sites for hydroxylation is 1. The molecule has 5 nitrogen and oxygen atoms in total. The zero-order valence-electron chi connectivity index (χ0n) is 12.3. The van der Waals surface area contributed by atoms with Crippen molar-refractivity contribution in [1.29, 1.82) is 0 Å². The molecule has 0 spiro atoms. The Labute approximate surface area is 128 Å². The summed E-state index contributed by atoms with van der Waals surface area (Å²) in [4.78, 5) is 29.6. The van der Waals surface area contributed by atoms with Gasteiger partial charge >= 0.3 is 0 Å². The summed E-state index contributed by atoms with van der Waals surface area (Å²) < 4.78 is 0.888. The van der Waals surface area contributed by atoms with Gasteiger partial charge in [0.1, 0.15) is 0 Å². The fraction of sp³-hybridized carbons (Fsp3) is 0.615. The summed E-state index contributed by atoms with van der Waals surface area (Å²) in [6.45, 7) is 8.25. The summed E-state index contributed by atoms with van der Waals surface area (Å²) >= 11 is 2.95. The minimum Gasteiger partial charge on any atom is -0.352 e. The Morgan fingerprint density at radius 2 is 2.20 bits per heavy atom. The van der Waals surface area contributed by atoms with Gasteiger partial charge in [-0.2, -0.15) is 0 Å². The highest BCUT2D eigenvalue weighted by Crippen LogP contribution is 2.22. The van der Waals surface area contributed by atoms with E-state index in [2.05, 4.69) is 10.3 Å². The maximum Gasteiger partial charge on any atom is 0.239 e. The number of amides is 2. The molecule has 1 aromatic rings. The van der Waals surface area contributed by atoms with Crippen LogP contribution >= 0.6 is 23.1 Å². The van der Waals surface area contributed by atoms with Crippen LogP contribution in [0.25, 0.3) is 0 Å². The second-order valence-corrected chi connectivity index (χ2v) is 6.75. The van der Waals surface area contributed by atoms with Gasteiger partial charge in [-0.1, -0.05) is 11.8 Å². The number of thiazole rings is 1. The van der Waals surface area contributed by atoms with Crippen LogP contribution in [-0.4, -0.2) is 46.6 Å². The number of carbonyl (C=O) groups is 2. The van der Waals surface area contributed by atoms with Gasteiger partial charge in [-0.05, 0) is 27.7 Å². The van der Waals surface area contributed by atoms with E-state index in [0.29, 0.717) is 12.3 Å². The number of aromatic nitrogens is 1. The van der Waals surface area contributed by atoms with Gasteiger partial charge in [0.15, 0.2) is 4.34 Å². The molecule has 112 valence electrons. The van der Waals surface area contributed by atoms with Gasteiger partial charge < -0.3 is 10.2 Å². The number of thioether (sulfide) groups is 1. The quantitative estimate of drug-likeness (QED) is 0.781. The number of nitrogens with zero attached hydrogens (tertiary/aromatic N) is 2. The molecule has 1 aromatic heterocycles. The number of likely N-dealkylation sites (N-methyl/N-ethyl adjacent to an activating group) is 1. The van der Waals surface area contributed by atoms with Crippen molar-refractivity contribution in [2.75, 3.05) is 18.8 Å². The lowest BCUT2D eigenvalue weighted by Gasteiger charge is -2.20. The van der Waals surface area contributed by atoms with Crippen LogP contribution in [0, 0.1) is 6.92 Å². The molecule has 7 heteroatoms. The Morgan fingerprint density at radius 3 is 2.70 bits per heavy atom. The Balaban J connectivity index is 2.44. The average Bonchev–Trinajstić information content (AvgIpc) is 2.78. The first kappa shape index (κ1) is 17.0. The van der Waals surface area contributed by atoms with Gasteiger partial charge in [-0.25, -0.2) is 4.98 Å². The van der Waals surface area contributed by atoms with Crippen LogP contribution in [0.15, 0.2) is 9.72 Å². The van der Waals surface area contributed by atoms with E-state index in [9.17, 15) is 9.59 Å². The summed E-state index contributed by atoms with van der Waals surface area (Å²) in [7, 11) is 0. The molecule has 1 rings (SSSR count). The Bertz CT molecular complexity index is 460. The molecule has 0 bridgehead atoms. The molecule has 0 saturated heterocycles. The lowest BCUT2D eigenvalue weighted by atomic mass is 10.3. The predicted octanol–water partition coefficient (Wildman–Crippen LogP) is 1.92. The molecule has 0 aromatic carbocycles. The van der Waals surface area contributed by atoms with E-state index in [1.807, 2.05) is 33.1 Å². The monoisotopic (exact) mass is 315 g/mol. The van der Waals surface area contributed by atoms with E-state index in [-0.39, 0.29) is 24.4 Å². The smallest absolute Gasteiger partial charge is 0.239 e. The molecule has 0 aliphatic heterocycles. The van der Waals surface area contributed by atoms with Crippen molar-refractivity contribution in [2.45, 2.75) is 38.1 Å². The molecule has 0 aliphatic rings. The summed E-state index contributed by atoms with van der Waals surface area (Å²) in [6, 6.07) is 0.0870. The largest absolute Gasteiger partial charge is 0.352 e. The van der Waals surface area contributed by atoms with Crippen molar-refractivity contribution in [3.63, 3.8) is 0 Å². The predicted molar refractivity (Wildman–Crippen MR) is 83.1 cm³/mol. The SMILES string of the molecule is CCN(CC(=O)NC(C)C)C(=O)CSc1nc(C)cs1. The Kier molecular flexibility index (Phi) is 7.01. The van der Waals surface area contributed by atoms with Crippen molar-refractivity contribution >= 4 is 34.9 Å². The van der Waals surface area contributed by atoms with Crippen LogP contribution in [0.5, 0.6) is 0 Å². The fourth-order valence-corrected chi connectivity index (χ4v) is 3.28. The molecular weight excluding hydrogens is 294 g/mol. The highest BCUT2D eigenvalue weighted by Gasteiger charge is 2.16. The van der Waals surface area contributed by atoms with Crippen molar-refractivity contribution < 1.29 is 9.59 Å². The van der Waals surface area contributed by atoms with Crippen LogP contribution in [0.4, 0.5) is 0 Å². The molecule has 1 N–H and O–H groups in total. The third-order valence-corrected chi connectivity index (χ3v) is 4.56. The molecule has 2 amide bonds. The van der Waals surface area contributed by atoms with Crippen molar-refractivity contribution in [2.24, 2.45) is 0 Å². The second-order valence-electron chi connectivity index (χ2n) is 4.67. The third kappa shape index (κ3) is 5.92. The molecule has 20 heavy (non-hydrogen) atoms. The van der Waals surface area contributed by atoms with E-state index in [1.54, 1.807) is 4.90 Å². The number of hydrogen-bond donors (Lipinski definition) is 1. The number of hydrogen-bond acceptors (Lipinski definition) is 5. The zero-order chi connectivity index (χ0) is 15.1. The Hall–Kier alpha value is -1.08. The molecule has 0 unspecified atom stereocenters. The molecular formula is C13H21N3O2S2. The van der Waals surface area contributed by atoms with Crippen LogP contribution in [0.1, 0.15) is 26.5 Å². The zero-order valence-corrected chi connectivity index (χ0v) is 13.9. The summed E-state index contributed by atoms with van der Waals surface area (Å²) in [5.41, 5.74) is 0.966. The van der Waals surface area contributed by atoms with Crippen molar-refractivity contribution in [3.8, 4) is 0 Å². The molecule has 0 fully saturated rings. The normalized spacial score (nSPS) is 10.7. The molecule has 1 heterocycles. The first-order valence-electron chi connectivity index (χ1n) is 6.54. The first-order chi connectivity index (χ1) is 9.42. The third-order valence-electron chi connectivity index (χ3n) is 2.44. The number of nitrogens with one attached hydrogen (secondary N) is 1. The maximum absolute atomic E-state index is 12.1. The molecule has 0 atom stereocenters. The van der Waals surface area contributed by atoms with E-state index >= 15 is 0 Å². The van der Waals surface area contributed by atoms with Crippen LogP contribution in [-0.2, 0) is 9.59 Å². The minimum atomic E-state index is -0.120. The van der Waals surface area contributed by atoms with E-state index in [4.69, 9.17) is 0 Å². The van der Waals surface area contributed by atoms with Gasteiger partial charge in [-0.15, -0.1) is 11.3 Å². The van der Waals surface area contributed by atoms with Crippen molar-refractivity contribution in [3.05, 3.63) is 11.1 Å². The summed E-state index contributed by atoms with van der Waals surface area (Å²) in [5.74, 6) is 0.157. The summed E-state index contributed by atoms with van der Waals surface area (Å²) in [6.07, 6.45) is 0. The second kappa shape index (κ2) is 8.26. The maximum atomic E-state index is 12.1. The van der Waals surface area contributed by atoms with E-state index in [0.717, 1.165) is 10.0 Å². The topological polar surface area (TPSA) is 62.3 Å². The van der Waals surface area contributed by atoms with E-state index < -0.39 is 0 Å². The van der Waals surface area contributed by atoms with Crippen LogP contribution < -0.4 is 5.32 Å². The first-order valence-corrected chi connectivity index (χ1v) is 8.41. The van der Waals surface area contributed by atoms with Gasteiger partial charge in [0.05, 0.1) is 12.3 Å². The van der Waals surface area contributed by atoms with Crippen LogP contribution in [0.3, 0.4) is 0 Å². The minimum absolute atomic E-state index is 0.0377. The van der Waals surface area contributed by atoms with Gasteiger partial charge in [-0.3, -0.25) is 9.59 Å². The van der Waals surface area contributed by atoms with Crippen LogP contribution in [0.2, 0.25) is 0 Å². The molecule has 0 aliphatic carbocycles. The molecule has 0 saturated carbocycles. The van der Waals surface area contributed by atoms with Gasteiger partial charge in [0, 0.05) is 23.7 Å². The lowest BCUT2D eigenvalue weighted by Crippen LogP contribution is -2.43. The number of carbonyl (C=O) groups excluding carboxylic acids is 2. The average molecular weight is 315 g/mol. The van der Waals surface area contributed by atoms with Crippen molar-refractivity contribution in [1.82, 2.24) is 15.2 Å². The van der Waals surface area contributed by atoms with Gasteiger partial charge in [0.2, 0.25) is 11.8 Å². The lowest BCUT2D eigenvalue weighted by molar-refractivity contribution is -0.134. The molecule has 0 radical (unpaired) electrons. The fourth-order valence-electron chi connectivity index (χ4n) is 1.53. The van der Waals surface area contributed by atoms with Gasteiger partial charge in [0.25, 0.3) is 0 Å². The summed E-state index contributed by atoms with van der Waals surface area (Å²) in [5, 5.41) is 4.75. The van der Waals surface area contributed by atoms with E-state index in [1.165, 1.54) is 23.1 Å². The Morgan fingerprint density at radius 1 is 1.50 bits per heavy atom. The highest BCUT2D eigenvalue weighted by molar-refractivity contribution is 8.01. The standard InChI is InChI=1S/C13H21N3O2S2/c1-5-16(6-11(17)14-9(2)3)12(18)8-20-13-15-10(4)7-19-13/h7,9H,5-6,8H2,1-4H3,(H,14,17). The number of rotatable bonds is 7. The highest BCUT2D eigenvalue weighted by atomic mass is 32.2.